The van der Waals surface area contributed by atoms with Gasteiger partial charge in [-0.15, -0.1) is 0 Å². The van der Waals surface area contributed by atoms with Crippen LogP contribution in [0.25, 0.3) is 0 Å². The van der Waals surface area contributed by atoms with Crippen LogP contribution in [0.1, 0.15) is 0 Å². The third-order valence-corrected chi connectivity index (χ3v) is 0.827. The van der Waals surface area contributed by atoms with E-state index < -0.39 is 0 Å². The first kappa shape index (κ1) is 2.95. The van der Waals surface area contributed by atoms with Crippen molar-refractivity contribution in [1.29, 1.82) is 0 Å². The van der Waals surface area contributed by atoms with Crippen LogP contribution in [0.5, 0.6) is 0 Å². The lowest BCUT2D eigenvalue weighted by atomic mass is 10.5. The topological polar surface area (TPSA) is 58.3 Å². The van der Waals surface area contributed by atoms with Crippen molar-refractivity contribution in [3.8, 4) is 0 Å². The van der Waals surface area contributed by atoms with Gasteiger partial charge >= 0.3 is 0 Å². The van der Waals surface area contributed by atoms with Gasteiger partial charge in [0.2, 0.25) is 5.84 Å². The molecular formula is C2H2N4O. The average molecular weight is 98.1 g/mol. The SMILES string of the molecule is N1=NC2=NNC2O1. The van der Waals surface area contributed by atoms with E-state index in [-0.39, 0.29) is 6.23 Å². The van der Waals surface area contributed by atoms with E-state index in [4.69, 9.17) is 0 Å². The van der Waals surface area contributed by atoms with Gasteiger partial charge in [-0.05, 0) is 0 Å². The van der Waals surface area contributed by atoms with Gasteiger partial charge in [-0.25, -0.2) is 0 Å². The molecule has 1 atom stereocenters. The Labute approximate surface area is 39.0 Å². The van der Waals surface area contributed by atoms with Crippen molar-refractivity contribution in [3.05, 3.63) is 0 Å². The normalized spacial score (nSPS) is 32.0. The van der Waals surface area contributed by atoms with Crippen molar-refractivity contribution in [2.24, 2.45) is 15.5 Å². The van der Waals surface area contributed by atoms with Crippen molar-refractivity contribution in [1.82, 2.24) is 5.43 Å². The molecule has 5 heteroatoms. The molecule has 0 amide bonds. The zero-order valence-corrected chi connectivity index (χ0v) is 3.33. The van der Waals surface area contributed by atoms with Gasteiger partial charge in [0.1, 0.15) is 0 Å². The molecule has 0 fully saturated rings. The van der Waals surface area contributed by atoms with Crippen LogP contribution in [0, 0.1) is 0 Å². The molecule has 5 nitrogen and oxygen atoms in total. The minimum Gasteiger partial charge on any atom is -0.344 e. The summed E-state index contributed by atoms with van der Waals surface area (Å²) in [4.78, 5) is 4.57. The predicted molar refractivity (Wildman–Crippen MR) is 20.3 cm³/mol. The maximum Gasteiger partial charge on any atom is 0.277 e. The monoisotopic (exact) mass is 98.0 g/mol. The lowest BCUT2D eigenvalue weighted by molar-refractivity contribution is 0.0780. The predicted octanol–water partition coefficient (Wildman–Crippen LogP) is -0.373. The quantitative estimate of drug-likeness (QED) is 0.449. The van der Waals surface area contributed by atoms with Gasteiger partial charge in [-0.3, -0.25) is 5.43 Å². The fourth-order valence-electron chi connectivity index (χ4n) is 0.433. The van der Waals surface area contributed by atoms with Crippen molar-refractivity contribution in [2.45, 2.75) is 6.23 Å². The van der Waals surface area contributed by atoms with Gasteiger partial charge in [-0.1, -0.05) is 5.11 Å². The Morgan fingerprint density at radius 1 is 1.71 bits per heavy atom. The summed E-state index contributed by atoms with van der Waals surface area (Å²) in [6, 6.07) is 0. The van der Waals surface area contributed by atoms with Crippen molar-refractivity contribution in [2.75, 3.05) is 0 Å². The molecule has 36 valence electrons. The lowest BCUT2D eigenvalue weighted by Crippen LogP contribution is -2.40. The van der Waals surface area contributed by atoms with Gasteiger partial charge in [-0.2, -0.15) is 5.10 Å². The van der Waals surface area contributed by atoms with E-state index in [2.05, 4.69) is 25.8 Å². The fraction of sp³-hybridized carbons (Fsp3) is 0.500. The van der Waals surface area contributed by atoms with Gasteiger partial charge < -0.3 is 4.84 Å². The molecule has 1 N–H and O–H groups in total. The molecule has 0 aromatic heterocycles. The highest BCUT2D eigenvalue weighted by atomic mass is 16.7. The first-order chi connectivity index (χ1) is 3.47. The molecular weight excluding hydrogens is 96.0 g/mol. The second kappa shape index (κ2) is 0.749. The maximum atomic E-state index is 4.57. The molecule has 1 unspecified atom stereocenters. The number of hydrogen-bond acceptors (Lipinski definition) is 5. The molecule has 0 bridgehead atoms. The van der Waals surface area contributed by atoms with Crippen LogP contribution in [-0.2, 0) is 4.84 Å². The Balaban J connectivity index is 2.36. The standard InChI is InChI=1S/C2H2N4O/c3-1-2(5-3)7-6-4-1/h2,5H. The van der Waals surface area contributed by atoms with Crippen LogP contribution in [0.2, 0.25) is 0 Å². The van der Waals surface area contributed by atoms with Crippen LogP contribution >= 0.6 is 0 Å². The second-order valence-electron chi connectivity index (χ2n) is 1.27. The van der Waals surface area contributed by atoms with Crippen LogP contribution in [0.4, 0.5) is 0 Å². The summed E-state index contributed by atoms with van der Waals surface area (Å²) in [6.45, 7) is 0. The van der Waals surface area contributed by atoms with Crippen molar-refractivity contribution >= 4 is 5.84 Å². The largest absolute Gasteiger partial charge is 0.344 e. The third kappa shape index (κ3) is 0.209. The molecule has 0 radical (unpaired) electrons. The number of hydrazone groups is 1. The highest BCUT2D eigenvalue weighted by molar-refractivity contribution is 5.90. The van der Waals surface area contributed by atoms with E-state index >= 15 is 0 Å². The molecule has 2 heterocycles. The van der Waals surface area contributed by atoms with E-state index in [0.717, 1.165) is 0 Å². The van der Waals surface area contributed by atoms with E-state index in [1.165, 1.54) is 0 Å². The molecule has 7 heavy (non-hydrogen) atoms. The average Bonchev–Trinajstić information content (AvgIpc) is 1.85. The molecule has 0 aliphatic carbocycles. The number of hydrogen-bond donors (Lipinski definition) is 1. The minimum absolute atomic E-state index is 0.139. The van der Waals surface area contributed by atoms with Crippen LogP contribution in [-0.4, -0.2) is 12.1 Å². The number of nitrogens with one attached hydrogen (secondary N) is 1. The van der Waals surface area contributed by atoms with Crippen molar-refractivity contribution in [3.63, 3.8) is 0 Å². The molecule has 2 rings (SSSR count). The third-order valence-electron chi connectivity index (χ3n) is 0.827. The Morgan fingerprint density at radius 2 is 2.71 bits per heavy atom. The summed E-state index contributed by atoms with van der Waals surface area (Å²) < 4.78 is 0. The van der Waals surface area contributed by atoms with E-state index in [0.29, 0.717) is 5.84 Å². The molecule has 0 aromatic carbocycles. The van der Waals surface area contributed by atoms with E-state index in [1.807, 2.05) is 0 Å². The Bertz CT molecular complexity index is 147. The smallest absolute Gasteiger partial charge is 0.277 e. The van der Waals surface area contributed by atoms with E-state index in [1.54, 1.807) is 0 Å². The van der Waals surface area contributed by atoms with Crippen molar-refractivity contribution < 1.29 is 4.84 Å². The van der Waals surface area contributed by atoms with Crippen LogP contribution in [0.15, 0.2) is 15.5 Å². The first-order valence-corrected chi connectivity index (χ1v) is 1.87. The zero-order valence-electron chi connectivity index (χ0n) is 3.33. The molecule has 0 saturated heterocycles. The summed E-state index contributed by atoms with van der Waals surface area (Å²) in [6.07, 6.45) is -0.139. The molecule has 0 saturated carbocycles. The van der Waals surface area contributed by atoms with E-state index in [9.17, 15) is 0 Å². The number of amidine groups is 1. The summed E-state index contributed by atoms with van der Waals surface area (Å²) in [5.41, 5.74) is 2.59. The Morgan fingerprint density at radius 3 is 3.00 bits per heavy atom. The highest BCUT2D eigenvalue weighted by Gasteiger charge is 2.29. The number of fused-ring (bicyclic) bond motifs is 1. The fourth-order valence-corrected chi connectivity index (χ4v) is 0.433. The maximum absolute atomic E-state index is 4.57. The van der Waals surface area contributed by atoms with Gasteiger partial charge in [0, 0.05) is 5.28 Å². The summed E-state index contributed by atoms with van der Waals surface area (Å²) in [5, 5.41) is 10.3. The number of rotatable bonds is 0. The summed E-state index contributed by atoms with van der Waals surface area (Å²) in [5.74, 6) is 0.639. The highest BCUT2D eigenvalue weighted by Crippen LogP contribution is 2.10. The number of nitrogens with zero attached hydrogens (tertiary/aromatic N) is 3. The molecule has 0 aromatic rings. The summed E-state index contributed by atoms with van der Waals surface area (Å²) in [7, 11) is 0. The van der Waals surface area contributed by atoms with Crippen LogP contribution in [0.3, 0.4) is 0 Å². The van der Waals surface area contributed by atoms with Gasteiger partial charge in [0.05, 0.1) is 0 Å². The minimum atomic E-state index is -0.139. The second-order valence-corrected chi connectivity index (χ2v) is 1.27. The molecule has 2 aliphatic heterocycles. The molecule has 0 spiro atoms. The Hall–Kier alpha value is -1.13. The Kier molecular flexibility index (Phi) is 0.316. The molecule has 2 aliphatic rings. The van der Waals surface area contributed by atoms with Gasteiger partial charge in [0.25, 0.3) is 6.23 Å². The zero-order chi connectivity index (χ0) is 4.69. The first-order valence-electron chi connectivity index (χ1n) is 1.87. The van der Waals surface area contributed by atoms with Crippen LogP contribution < -0.4 is 5.43 Å². The summed E-state index contributed by atoms with van der Waals surface area (Å²) >= 11 is 0. The van der Waals surface area contributed by atoms with Gasteiger partial charge in [0.15, 0.2) is 0 Å². The lowest BCUT2D eigenvalue weighted by Gasteiger charge is -2.12.